The second-order valence-electron chi connectivity index (χ2n) is 6.67. The van der Waals surface area contributed by atoms with Gasteiger partial charge in [-0.15, -0.1) is 11.3 Å². The van der Waals surface area contributed by atoms with E-state index in [-0.39, 0.29) is 17.8 Å². The molecule has 0 saturated heterocycles. The first-order chi connectivity index (χ1) is 15.5. The summed E-state index contributed by atoms with van der Waals surface area (Å²) in [4.78, 5) is 33.7. The van der Waals surface area contributed by atoms with E-state index in [1.165, 1.54) is 11.3 Å². The average molecular weight is 465 g/mol. The Labute approximate surface area is 193 Å². The van der Waals surface area contributed by atoms with Gasteiger partial charge >= 0.3 is 6.01 Å². The number of carbonyl (C=O) groups is 2. The molecule has 2 aromatic heterocycles. The second kappa shape index (κ2) is 9.59. The molecule has 2 aromatic carbocycles. The molecule has 0 radical (unpaired) electrons. The minimum absolute atomic E-state index is 0.241. The van der Waals surface area contributed by atoms with Crippen molar-refractivity contribution < 1.29 is 14.3 Å². The van der Waals surface area contributed by atoms with Crippen LogP contribution >= 0.6 is 22.9 Å². The maximum Gasteiger partial charge on any atom is 0.321 e. The largest absolute Gasteiger partial charge is 0.424 e. The summed E-state index contributed by atoms with van der Waals surface area (Å²) in [6.45, 7) is 1.81. The third-order valence-corrected chi connectivity index (χ3v) is 5.82. The fraction of sp³-hybridized carbons (Fsp3) is 0.0435. The quantitative estimate of drug-likeness (QED) is 0.376. The number of thiophene rings is 1. The third-order valence-electron chi connectivity index (χ3n) is 4.34. The minimum atomic E-state index is -0.332. The molecule has 2 amide bonds. The van der Waals surface area contributed by atoms with Crippen molar-refractivity contribution in [3.05, 3.63) is 94.1 Å². The first kappa shape index (κ1) is 21.5. The van der Waals surface area contributed by atoms with Crippen molar-refractivity contribution in [2.75, 3.05) is 10.6 Å². The zero-order valence-corrected chi connectivity index (χ0v) is 18.4. The van der Waals surface area contributed by atoms with Crippen LogP contribution in [0.5, 0.6) is 11.8 Å². The van der Waals surface area contributed by atoms with Crippen molar-refractivity contribution in [3.63, 3.8) is 0 Å². The Morgan fingerprint density at radius 2 is 1.66 bits per heavy atom. The number of ether oxygens (including phenoxy) is 1. The lowest BCUT2D eigenvalue weighted by Crippen LogP contribution is -2.11. The summed E-state index contributed by atoms with van der Waals surface area (Å²) in [5.74, 6) is -0.0568. The molecule has 4 aromatic rings. The van der Waals surface area contributed by atoms with Crippen molar-refractivity contribution in [3.8, 4) is 11.8 Å². The first-order valence-corrected chi connectivity index (χ1v) is 10.7. The summed E-state index contributed by atoms with van der Waals surface area (Å²) in [5, 5.41) is 6.57. The fourth-order valence-electron chi connectivity index (χ4n) is 2.83. The van der Waals surface area contributed by atoms with Gasteiger partial charge < -0.3 is 15.4 Å². The summed E-state index contributed by atoms with van der Waals surface area (Å²) >= 11 is 7.27. The van der Waals surface area contributed by atoms with E-state index in [2.05, 4.69) is 20.6 Å². The molecule has 0 unspecified atom stereocenters. The molecule has 0 aliphatic heterocycles. The normalized spacial score (nSPS) is 10.4. The first-order valence-electron chi connectivity index (χ1n) is 9.52. The Morgan fingerprint density at radius 1 is 0.938 bits per heavy atom. The molecule has 0 bridgehead atoms. The molecule has 9 heteroatoms. The highest BCUT2D eigenvalue weighted by atomic mass is 35.5. The van der Waals surface area contributed by atoms with Gasteiger partial charge in [-0.1, -0.05) is 23.7 Å². The predicted molar refractivity (Wildman–Crippen MR) is 125 cm³/mol. The summed E-state index contributed by atoms with van der Waals surface area (Å²) in [6, 6.07) is 17.3. The van der Waals surface area contributed by atoms with Gasteiger partial charge in [-0.3, -0.25) is 9.59 Å². The standard InChI is InChI=1S/C23H17ClN4O3S/c1-14-13-19(28-21(29)17-5-2-3-6-18(17)24)32-20(14)22(30)27-15-7-9-16(10-8-15)31-23-25-11-4-12-26-23/h2-13H,1H3,(H,27,30)(H,28,29). The number of nitrogens with zero attached hydrogens (tertiary/aromatic N) is 2. The number of amides is 2. The fourth-order valence-corrected chi connectivity index (χ4v) is 4.02. The third kappa shape index (κ3) is 5.11. The van der Waals surface area contributed by atoms with Crippen molar-refractivity contribution in [2.45, 2.75) is 6.92 Å². The van der Waals surface area contributed by atoms with E-state index >= 15 is 0 Å². The number of hydrogen-bond donors (Lipinski definition) is 2. The van der Waals surface area contributed by atoms with E-state index in [9.17, 15) is 9.59 Å². The molecule has 0 aliphatic rings. The van der Waals surface area contributed by atoms with Gasteiger partial charge in [-0.2, -0.15) is 0 Å². The van der Waals surface area contributed by atoms with Crippen LogP contribution in [0, 0.1) is 6.92 Å². The molecule has 0 atom stereocenters. The van der Waals surface area contributed by atoms with Crippen LogP contribution in [0.3, 0.4) is 0 Å². The molecular formula is C23H17ClN4O3S. The van der Waals surface area contributed by atoms with Crippen LogP contribution in [0.4, 0.5) is 10.7 Å². The van der Waals surface area contributed by atoms with Gasteiger partial charge in [0.25, 0.3) is 11.8 Å². The number of aryl methyl sites for hydroxylation is 1. The number of carbonyl (C=O) groups excluding carboxylic acids is 2. The van der Waals surface area contributed by atoms with Crippen molar-refractivity contribution in [2.24, 2.45) is 0 Å². The topological polar surface area (TPSA) is 93.2 Å². The monoisotopic (exact) mass is 464 g/mol. The van der Waals surface area contributed by atoms with E-state index in [1.54, 1.807) is 73.1 Å². The Balaban J connectivity index is 1.41. The van der Waals surface area contributed by atoms with Gasteiger partial charge in [-0.25, -0.2) is 9.97 Å². The van der Waals surface area contributed by atoms with Crippen LogP contribution in [0.25, 0.3) is 0 Å². The average Bonchev–Trinajstić information content (AvgIpc) is 3.16. The van der Waals surface area contributed by atoms with E-state index in [4.69, 9.17) is 16.3 Å². The summed E-state index contributed by atoms with van der Waals surface area (Å²) < 4.78 is 5.54. The summed E-state index contributed by atoms with van der Waals surface area (Å²) in [7, 11) is 0. The lowest BCUT2D eigenvalue weighted by molar-refractivity contribution is 0.102. The Hall–Kier alpha value is -3.75. The molecule has 0 saturated carbocycles. The van der Waals surface area contributed by atoms with Crippen molar-refractivity contribution in [1.29, 1.82) is 0 Å². The molecule has 2 heterocycles. The highest BCUT2D eigenvalue weighted by Gasteiger charge is 2.17. The van der Waals surface area contributed by atoms with E-state index < -0.39 is 0 Å². The van der Waals surface area contributed by atoms with E-state index in [0.717, 1.165) is 5.56 Å². The number of halogens is 1. The smallest absolute Gasteiger partial charge is 0.321 e. The number of benzene rings is 2. The Kier molecular flexibility index (Phi) is 6.44. The van der Waals surface area contributed by atoms with Crippen LogP contribution in [0.2, 0.25) is 5.02 Å². The maximum absolute atomic E-state index is 12.7. The van der Waals surface area contributed by atoms with Gasteiger partial charge in [0.1, 0.15) is 5.75 Å². The number of aromatic nitrogens is 2. The van der Waals surface area contributed by atoms with Gasteiger partial charge in [0.05, 0.1) is 20.5 Å². The highest BCUT2D eigenvalue weighted by Crippen LogP contribution is 2.29. The Bertz CT molecular complexity index is 1260. The molecule has 7 nitrogen and oxygen atoms in total. The molecular weight excluding hydrogens is 448 g/mol. The molecule has 2 N–H and O–H groups in total. The van der Waals surface area contributed by atoms with Gasteiger partial charge in [-0.05, 0) is 61.0 Å². The number of hydrogen-bond acceptors (Lipinski definition) is 6. The molecule has 0 fully saturated rings. The van der Waals surface area contributed by atoms with Gasteiger partial charge in [0.2, 0.25) is 0 Å². The Morgan fingerprint density at radius 3 is 2.38 bits per heavy atom. The number of rotatable bonds is 6. The van der Waals surface area contributed by atoms with Crippen LogP contribution in [-0.4, -0.2) is 21.8 Å². The maximum atomic E-state index is 12.7. The second-order valence-corrected chi connectivity index (χ2v) is 8.13. The van der Waals surface area contributed by atoms with Crippen LogP contribution in [0.1, 0.15) is 25.6 Å². The minimum Gasteiger partial charge on any atom is -0.424 e. The summed E-state index contributed by atoms with van der Waals surface area (Å²) in [5.41, 5.74) is 1.73. The van der Waals surface area contributed by atoms with Crippen LogP contribution in [0.15, 0.2) is 73.1 Å². The lowest BCUT2D eigenvalue weighted by Gasteiger charge is -2.07. The zero-order chi connectivity index (χ0) is 22.5. The molecule has 0 spiro atoms. The zero-order valence-electron chi connectivity index (χ0n) is 16.8. The van der Waals surface area contributed by atoms with Gasteiger partial charge in [0.15, 0.2) is 0 Å². The summed E-state index contributed by atoms with van der Waals surface area (Å²) in [6.07, 6.45) is 3.18. The highest BCUT2D eigenvalue weighted by molar-refractivity contribution is 7.18. The van der Waals surface area contributed by atoms with Crippen LogP contribution < -0.4 is 15.4 Å². The number of anilines is 2. The van der Waals surface area contributed by atoms with Gasteiger partial charge in [0, 0.05) is 18.1 Å². The molecule has 4 rings (SSSR count). The van der Waals surface area contributed by atoms with Crippen molar-refractivity contribution in [1.82, 2.24) is 9.97 Å². The number of nitrogens with one attached hydrogen (secondary N) is 2. The SMILES string of the molecule is Cc1cc(NC(=O)c2ccccc2Cl)sc1C(=O)Nc1ccc(Oc2ncccn2)cc1. The lowest BCUT2D eigenvalue weighted by atomic mass is 10.2. The molecule has 32 heavy (non-hydrogen) atoms. The van der Waals surface area contributed by atoms with E-state index in [0.29, 0.717) is 31.9 Å². The predicted octanol–water partition coefficient (Wildman–Crippen LogP) is 5.80. The van der Waals surface area contributed by atoms with Crippen LogP contribution in [-0.2, 0) is 0 Å². The van der Waals surface area contributed by atoms with E-state index in [1.807, 2.05) is 6.92 Å². The van der Waals surface area contributed by atoms with Crippen molar-refractivity contribution >= 4 is 45.4 Å². The molecule has 160 valence electrons. The molecule has 0 aliphatic carbocycles.